The average molecular weight is 1330 g/mol. The van der Waals surface area contributed by atoms with Crippen molar-refractivity contribution in [2.24, 2.45) is 0 Å². The van der Waals surface area contributed by atoms with Crippen molar-refractivity contribution in [3.8, 4) is 0 Å². The first kappa shape index (κ1) is 88.0. The summed E-state index contributed by atoms with van der Waals surface area (Å²) in [6.07, 6.45) is 69.0. The molecule has 0 aliphatic carbocycles. The van der Waals surface area contributed by atoms with Crippen LogP contribution in [0.15, 0.2) is 48.6 Å². The zero-order valence-corrected chi connectivity index (χ0v) is 60.5. The van der Waals surface area contributed by atoms with Gasteiger partial charge in [0.15, 0.2) is 12.6 Å². The van der Waals surface area contributed by atoms with Crippen molar-refractivity contribution in [1.29, 1.82) is 0 Å². The number of aliphatic hydroxyl groups is 8. The van der Waals surface area contributed by atoms with Crippen molar-refractivity contribution in [2.45, 2.75) is 434 Å². The lowest BCUT2D eigenvalue weighted by atomic mass is 9.97. The van der Waals surface area contributed by atoms with Crippen LogP contribution in [0.2, 0.25) is 0 Å². The monoisotopic (exact) mass is 1330 g/mol. The first-order valence-electron chi connectivity index (χ1n) is 39.9. The third-order valence-electron chi connectivity index (χ3n) is 19.5. The molecule has 2 aliphatic rings. The van der Waals surface area contributed by atoms with Gasteiger partial charge in [-0.1, -0.05) is 345 Å². The van der Waals surface area contributed by atoms with E-state index in [0.717, 1.165) is 51.4 Å². The van der Waals surface area contributed by atoms with Crippen molar-refractivity contribution in [3.63, 3.8) is 0 Å². The van der Waals surface area contributed by atoms with Crippen molar-refractivity contribution < 1.29 is 64.6 Å². The Morgan fingerprint density at radius 3 is 1.07 bits per heavy atom. The lowest BCUT2D eigenvalue weighted by molar-refractivity contribution is -0.359. The Kier molecular flexibility index (Phi) is 60.3. The minimum atomic E-state index is -1.79. The van der Waals surface area contributed by atoms with Crippen LogP contribution in [0.5, 0.6) is 0 Å². The van der Waals surface area contributed by atoms with E-state index < -0.39 is 86.8 Å². The molecule has 2 heterocycles. The molecule has 0 aromatic heterocycles. The molecule has 2 saturated heterocycles. The van der Waals surface area contributed by atoms with Crippen LogP contribution in [0, 0.1) is 0 Å². The van der Waals surface area contributed by atoms with E-state index in [1.807, 2.05) is 6.08 Å². The number of amides is 1. The maximum absolute atomic E-state index is 13.4. The SMILES string of the molecule is CCCCCCC/C=C\C/C=C\C/C=C\CCCCCCCCCCCCCCCCCCCCC(=O)NC(COC1OC(CO)C(OC2OC(CO)C(O)C(O)C2O)C(O)C1O)C(O)/C=C/CCCCCCCCCCCCCCCCCCCCCCCCCCC. The first-order chi connectivity index (χ1) is 46.1. The van der Waals surface area contributed by atoms with Gasteiger partial charge in [-0.05, 0) is 57.8 Å². The van der Waals surface area contributed by atoms with E-state index in [0.29, 0.717) is 6.42 Å². The van der Waals surface area contributed by atoms with Gasteiger partial charge in [0, 0.05) is 6.42 Å². The van der Waals surface area contributed by atoms with Crippen molar-refractivity contribution in [2.75, 3.05) is 19.8 Å². The smallest absolute Gasteiger partial charge is 0.220 e. The zero-order chi connectivity index (χ0) is 68.0. The maximum Gasteiger partial charge on any atom is 0.220 e. The molecule has 2 aliphatic heterocycles. The maximum atomic E-state index is 13.4. The number of allylic oxidation sites excluding steroid dienone is 7. The highest BCUT2D eigenvalue weighted by Gasteiger charge is 2.51. The van der Waals surface area contributed by atoms with Crippen LogP contribution in [-0.2, 0) is 23.7 Å². The molecule has 2 rings (SSSR count). The molecule has 0 radical (unpaired) electrons. The highest BCUT2D eigenvalue weighted by Crippen LogP contribution is 2.30. The highest BCUT2D eigenvalue weighted by atomic mass is 16.7. The summed E-state index contributed by atoms with van der Waals surface area (Å²) in [7, 11) is 0. The number of nitrogens with one attached hydrogen (secondary N) is 1. The largest absolute Gasteiger partial charge is 0.394 e. The van der Waals surface area contributed by atoms with E-state index in [-0.39, 0.29) is 18.9 Å². The van der Waals surface area contributed by atoms with E-state index in [2.05, 4.69) is 55.6 Å². The van der Waals surface area contributed by atoms with E-state index in [9.17, 15) is 45.6 Å². The summed E-state index contributed by atoms with van der Waals surface area (Å²) >= 11 is 0. The minimum Gasteiger partial charge on any atom is -0.394 e. The molecule has 12 atom stereocenters. The van der Waals surface area contributed by atoms with Crippen LogP contribution in [-0.4, -0.2) is 140 Å². The first-order valence-corrected chi connectivity index (χ1v) is 39.9. The second kappa shape index (κ2) is 64.3. The van der Waals surface area contributed by atoms with Crippen molar-refractivity contribution in [1.82, 2.24) is 5.32 Å². The Bertz CT molecular complexity index is 1760. The number of hydrogen-bond acceptors (Lipinski definition) is 13. The molecule has 14 heteroatoms. The quantitative estimate of drug-likeness (QED) is 0.0204. The molecule has 14 nitrogen and oxygen atoms in total. The molecule has 0 aromatic rings. The van der Waals surface area contributed by atoms with Crippen LogP contribution in [0.25, 0.3) is 0 Å². The molecule has 94 heavy (non-hydrogen) atoms. The van der Waals surface area contributed by atoms with E-state index in [1.54, 1.807) is 6.08 Å². The zero-order valence-electron chi connectivity index (χ0n) is 60.5. The van der Waals surface area contributed by atoms with Crippen molar-refractivity contribution in [3.05, 3.63) is 48.6 Å². The van der Waals surface area contributed by atoms with Crippen LogP contribution in [0.3, 0.4) is 0 Å². The molecule has 552 valence electrons. The van der Waals surface area contributed by atoms with Gasteiger partial charge in [-0.3, -0.25) is 4.79 Å². The van der Waals surface area contributed by atoms with Crippen LogP contribution >= 0.6 is 0 Å². The summed E-state index contributed by atoms with van der Waals surface area (Å²) < 4.78 is 22.9. The molecule has 2 fully saturated rings. The number of carbonyl (C=O) groups excluding carboxylic acids is 1. The van der Waals surface area contributed by atoms with Gasteiger partial charge in [-0.2, -0.15) is 0 Å². The molecular weight excluding hydrogens is 1180 g/mol. The van der Waals surface area contributed by atoms with Gasteiger partial charge < -0.3 is 65.1 Å². The van der Waals surface area contributed by atoms with E-state index in [4.69, 9.17) is 18.9 Å². The number of rotatable bonds is 67. The Morgan fingerprint density at radius 1 is 0.383 bits per heavy atom. The fourth-order valence-corrected chi connectivity index (χ4v) is 13.2. The van der Waals surface area contributed by atoms with Gasteiger partial charge in [0.1, 0.15) is 48.8 Å². The number of aliphatic hydroxyl groups excluding tert-OH is 8. The van der Waals surface area contributed by atoms with E-state index in [1.165, 1.54) is 283 Å². The molecule has 9 N–H and O–H groups in total. The Morgan fingerprint density at radius 2 is 0.702 bits per heavy atom. The summed E-state index contributed by atoms with van der Waals surface area (Å²) in [4.78, 5) is 13.4. The van der Waals surface area contributed by atoms with Gasteiger partial charge in [-0.25, -0.2) is 0 Å². The van der Waals surface area contributed by atoms with Gasteiger partial charge in [0.05, 0.1) is 32.0 Å². The van der Waals surface area contributed by atoms with Gasteiger partial charge >= 0.3 is 0 Å². The Balaban J connectivity index is 1.62. The molecule has 0 bridgehead atoms. The lowest BCUT2D eigenvalue weighted by Gasteiger charge is -2.46. The Labute approximate surface area is 575 Å². The number of hydrogen-bond donors (Lipinski definition) is 9. The fraction of sp³-hybridized carbons (Fsp3) is 0.887. The second-order valence-electron chi connectivity index (χ2n) is 28.2. The summed E-state index contributed by atoms with van der Waals surface area (Å²) in [5.74, 6) is -0.233. The Hall–Kier alpha value is -2.05. The summed E-state index contributed by atoms with van der Waals surface area (Å²) in [5, 5.41) is 87.7. The number of carbonyl (C=O) groups is 1. The van der Waals surface area contributed by atoms with Gasteiger partial charge in [0.2, 0.25) is 5.91 Å². The molecule has 0 saturated carbocycles. The molecule has 0 aromatic carbocycles. The number of unbranched alkanes of at least 4 members (excludes halogenated alkanes) is 48. The summed E-state index contributed by atoms with van der Waals surface area (Å²) in [6, 6.07) is -0.916. The third-order valence-corrected chi connectivity index (χ3v) is 19.5. The normalized spacial score (nSPS) is 22.7. The molecule has 12 unspecified atom stereocenters. The lowest BCUT2D eigenvalue weighted by Crippen LogP contribution is -2.65. The van der Waals surface area contributed by atoms with Crippen molar-refractivity contribution >= 4 is 5.91 Å². The predicted octanol–water partition coefficient (Wildman–Crippen LogP) is 17.8. The number of ether oxygens (including phenoxy) is 4. The molecule has 1 amide bonds. The second-order valence-corrected chi connectivity index (χ2v) is 28.2. The van der Waals surface area contributed by atoms with Crippen LogP contribution in [0.1, 0.15) is 361 Å². The molecule has 0 spiro atoms. The summed E-state index contributed by atoms with van der Waals surface area (Å²) in [5.41, 5.74) is 0. The fourth-order valence-electron chi connectivity index (χ4n) is 13.2. The van der Waals surface area contributed by atoms with Gasteiger partial charge in [0.25, 0.3) is 0 Å². The standard InChI is InChI=1S/C80H149NO13/c1-3-5-7-9-11-13-15-17-19-21-23-25-27-29-31-32-33-34-35-36-38-40-42-44-46-48-50-52-54-56-58-60-62-64-72(85)81-68(67-91-79-77(90)75(88)78(71(66-83)93-79)94-80-76(89)74(87)73(86)70(65-82)92-80)69(84)63-61-59-57-55-53-51-49-47-45-43-41-39-37-30-28-26-24-22-20-18-16-14-12-10-8-6-4-2/h15,17,21,23,27,29,61,63,68-71,73-80,82-84,86-90H,3-14,16,18-20,22,24-26,28,30-60,62,64-67H2,1-2H3,(H,81,85)/b17-15-,23-21-,29-27-,63-61+. The van der Waals surface area contributed by atoms with Crippen LogP contribution < -0.4 is 5.32 Å². The van der Waals surface area contributed by atoms with Gasteiger partial charge in [-0.15, -0.1) is 0 Å². The minimum absolute atomic E-state index is 0.233. The van der Waals surface area contributed by atoms with Crippen LogP contribution in [0.4, 0.5) is 0 Å². The summed E-state index contributed by atoms with van der Waals surface area (Å²) in [6.45, 7) is 2.85. The molecular formula is C80H149NO13. The van der Waals surface area contributed by atoms with E-state index >= 15 is 0 Å². The topological polar surface area (TPSA) is 228 Å². The average Bonchev–Trinajstić information content (AvgIpc) is 0.794. The predicted molar refractivity (Wildman–Crippen MR) is 388 cm³/mol. The highest BCUT2D eigenvalue weighted by molar-refractivity contribution is 5.76. The third kappa shape index (κ3) is 47.1.